The average Bonchev–Trinajstić information content (AvgIpc) is 2.53. The second-order valence-corrected chi connectivity index (χ2v) is 6.01. The molecule has 0 unspecified atom stereocenters. The molecule has 1 aromatic heterocycles. The standard InChI is InChI=1S/C16H17ClF2N2O/c17-14-8-20-15(18)7-13(14)12-1-2-16(19)21(10-12)9-11-3-5-22-6-4-11/h1-2,7-8,11H,3-6,9-10H2. The fourth-order valence-corrected chi connectivity index (χ4v) is 3.06. The third-order valence-electron chi connectivity index (χ3n) is 4.07. The molecular weight excluding hydrogens is 310 g/mol. The zero-order chi connectivity index (χ0) is 15.5. The summed E-state index contributed by atoms with van der Waals surface area (Å²) < 4.78 is 32.7. The maximum absolute atomic E-state index is 14.1. The van der Waals surface area contributed by atoms with Gasteiger partial charge in [-0.2, -0.15) is 8.78 Å². The molecule has 3 nitrogen and oxygen atoms in total. The maximum atomic E-state index is 14.1. The molecule has 0 saturated carbocycles. The largest absolute Gasteiger partial charge is 0.381 e. The number of rotatable bonds is 3. The van der Waals surface area contributed by atoms with Crippen molar-refractivity contribution in [2.24, 2.45) is 5.92 Å². The zero-order valence-electron chi connectivity index (χ0n) is 12.1. The first kappa shape index (κ1) is 15.4. The van der Waals surface area contributed by atoms with Gasteiger partial charge in [0, 0.05) is 44.1 Å². The summed E-state index contributed by atoms with van der Waals surface area (Å²) in [6, 6.07) is 1.29. The smallest absolute Gasteiger partial charge is 0.213 e. The molecule has 0 spiro atoms. The van der Waals surface area contributed by atoms with E-state index in [1.807, 2.05) is 0 Å². The van der Waals surface area contributed by atoms with Crippen LogP contribution in [0.1, 0.15) is 18.4 Å². The lowest BCUT2D eigenvalue weighted by molar-refractivity contribution is 0.0551. The third kappa shape index (κ3) is 3.47. The second kappa shape index (κ2) is 6.75. The van der Waals surface area contributed by atoms with E-state index in [0.29, 0.717) is 29.6 Å². The lowest BCUT2D eigenvalue weighted by Crippen LogP contribution is -2.33. The Balaban J connectivity index is 1.76. The Kier molecular flexibility index (Phi) is 4.74. The van der Waals surface area contributed by atoms with Crippen LogP contribution in [-0.2, 0) is 4.74 Å². The van der Waals surface area contributed by atoms with Gasteiger partial charge < -0.3 is 9.64 Å². The van der Waals surface area contributed by atoms with Crippen molar-refractivity contribution in [1.82, 2.24) is 9.88 Å². The van der Waals surface area contributed by atoms with Gasteiger partial charge in [0.25, 0.3) is 0 Å². The number of halogens is 3. The van der Waals surface area contributed by atoms with E-state index < -0.39 is 5.95 Å². The van der Waals surface area contributed by atoms with E-state index >= 15 is 0 Å². The summed E-state index contributed by atoms with van der Waals surface area (Å²) in [5.41, 5.74) is 1.36. The molecule has 0 N–H and O–H groups in total. The van der Waals surface area contributed by atoms with Gasteiger partial charge in [0.05, 0.1) is 5.02 Å². The Morgan fingerprint density at radius 1 is 1.27 bits per heavy atom. The molecule has 1 aromatic rings. The normalized spacial score (nSPS) is 19.9. The van der Waals surface area contributed by atoms with E-state index in [1.54, 1.807) is 11.0 Å². The molecule has 0 aliphatic carbocycles. The number of ether oxygens (including phenoxy) is 1. The Bertz CT molecular complexity index is 612. The van der Waals surface area contributed by atoms with E-state index in [1.165, 1.54) is 18.3 Å². The van der Waals surface area contributed by atoms with Gasteiger partial charge in [-0.25, -0.2) is 4.98 Å². The minimum absolute atomic E-state index is 0.263. The maximum Gasteiger partial charge on any atom is 0.213 e. The Hall–Kier alpha value is -1.46. The molecule has 0 aromatic carbocycles. The third-order valence-corrected chi connectivity index (χ3v) is 4.37. The summed E-state index contributed by atoms with van der Waals surface area (Å²) >= 11 is 6.09. The lowest BCUT2D eigenvalue weighted by atomic mass is 9.98. The van der Waals surface area contributed by atoms with Crippen LogP contribution in [0, 0.1) is 11.9 Å². The van der Waals surface area contributed by atoms with Crippen molar-refractivity contribution in [1.29, 1.82) is 0 Å². The predicted molar refractivity (Wildman–Crippen MR) is 81.5 cm³/mol. The topological polar surface area (TPSA) is 25.4 Å². The van der Waals surface area contributed by atoms with Gasteiger partial charge in [-0.05, 0) is 30.4 Å². The summed E-state index contributed by atoms with van der Waals surface area (Å²) in [6.07, 6.45) is 6.22. The minimum atomic E-state index is -0.591. The van der Waals surface area contributed by atoms with Crippen LogP contribution in [0.5, 0.6) is 0 Å². The van der Waals surface area contributed by atoms with Gasteiger partial charge in [0.2, 0.25) is 5.95 Å². The first-order valence-electron chi connectivity index (χ1n) is 7.34. The number of hydrogen-bond acceptors (Lipinski definition) is 3. The molecule has 3 heterocycles. The van der Waals surface area contributed by atoms with Crippen LogP contribution in [0.4, 0.5) is 8.78 Å². The highest BCUT2D eigenvalue weighted by Crippen LogP contribution is 2.30. The molecule has 3 rings (SSSR count). The quantitative estimate of drug-likeness (QED) is 0.624. The van der Waals surface area contributed by atoms with E-state index in [-0.39, 0.29) is 5.95 Å². The summed E-state index contributed by atoms with van der Waals surface area (Å²) in [7, 11) is 0. The van der Waals surface area contributed by atoms with Crippen molar-refractivity contribution in [3.63, 3.8) is 0 Å². The Labute approximate surface area is 133 Å². The Morgan fingerprint density at radius 3 is 2.82 bits per heavy atom. The van der Waals surface area contributed by atoms with E-state index in [4.69, 9.17) is 16.3 Å². The molecular formula is C16H17ClF2N2O. The molecule has 0 amide bonds. The van der Waals surface area contributed by atoms with Crippen molar-refractivity contribution >= 4 is 17.2 Å². The highest BCUT2D eigenvalue weighted by Gasteiger charge is 2.23. The molecule has 1 saturated heterocycles. The molecule has 118 valence electrons. The predicted octanol–water partition coefficient (Wildman–Crippen LogP) is 3.81. The van der Waals surface area contributed by atoms with Crippen molar-refractivity contribution in [3.8, 4) is 0 Å². The summed E-state index contributed by atoms with van der Waals surface area (Å²) in [6.45, 7) is 2.47. The second-order valence-electron chi connectivity index (χ2n) is 5.60. The molecule has 22 heavy (non-hydrogen) atoms. The van der Waals surface area contributed by atoms with Gasteiger partial charge in [-0.1, -0.05) is 17.7 Å². The van der Waals surface area contributed by atoms with Crippen LogP contribution < -0.4 is 0 Å². The van der Waals surface area contributed by atoms with E-state index in [2.05, 4.69) is 4.98 Å². The van der Waals surface area contributed by atoms with Crippen LogP contribution >= 0.6 is 11.6 Å². The van der Waals surface area contributed by atoms with Gasteiger partial charge in [0.1, 0.15) is 0 Å². The molecule has 6 heteroatoms. The molecule has 2 aliphatic heterocycles. The van der Waals surface area contributed by atoms with Gasteiger partial charge in [-0.3, -0.25) is 0 Å². The zero-order valence-corrected chi connectivity index (χ0v) is 12.8. The summed E-state index contributed by atoms with van der Waals surface area (Å²) in [5, 5.41) is 0.370. The number of nitrogens with zero attached hydrogens (tertiary/aromatic N) is 2. The van der Waals surface area contributed by atoms with Crippen molar-refractivity contribution in [2.45, 2.75) is 12.8 Å². The number of hydrogen-bond donors (Lipinski definition) is 0. The van der Waals surface area contributed by atoms with Gasteiger partial charge in [-0.15, -0.1) is 0 Å². The van der Waals surface area contributed by atoms with Crippen molar-refractivity contribution in [3.05, 3.63) is 46.9 Å². The Morgan fingerprint density at radius 2 is 2.05 bits per heavy atom. The van der Waals surface area contributed by atoms with E-state index in [9.17, 15) is 8.78 Å². The van der Waals surface area contributed by atoms with Crippen LogP contribution in [0.15, 0.2) is 30.4 Å². The van der Waals surface area contributed by atoms with Crippen LogP contribution in [-0.4, -0.2) is 36.2 Å². The fraction of sp³-hybridized carbons (Fsp3) is 0.438. The monoisotopic (exact) mass is 326 g/mol. The van der Waals surface area contributed by atoms with E-state index in [0.717, 1.165) is 31.6 Å². The molecule has 2 aliphatic rings. The molecule has 0 bridgehead atoms. The van der Waals surface area contributed by atoms with Crippen molar-refractivity contribution < 1.29 is 13.5 Å². The lowest BCUT2D eigenvalue weighted by Gasteiger charge is -2.32. The van der Waals surface area contributed by atoms with Crippen LogP contribution in [0.25, 0.3) is 5.57 Å². The highest BCUT2D eigenvalue weighted by molar-refractivity contribution is 6.32. The average molecular weight is 327 g/mol. The van der Waals surface area contributed by atoms with Crippen LogP contribution in [0.2, 0.25) is 5.02 Å². The molecule has 0 atom stereocenters. The van der Waals surface area contributed by atoms with Crippen molar-refractivity contribution in [2.75, 3.05) is 26.3 Å². The fourth-order valence-electron chi connectivity index (χ4n) is 2.84. The molecule has 0 radical (unpaired) electrons. The van der Waals surface area contributed by atoms with Gasteiger partial charge in [0.15, 0.2) is 5.95 Å². The highest BCUT2D eigenvalue weighted by atomic mass is 35.5. The minimum Gasteiger partial charge on any atom is -0.381 e. The first-order valence-corrected chi connectivity index (χ1v) is 7.72. The number of aromatic nitrogens is 1. The van der Waals surface area contributed by atoms with Gasteiger partial charge >= 0.3 is 0 Å². The SMILES string of the molecule is FC1=CC=C(c2cc(F)ncc2Cl)CN1CC1CCOCC1. The first-order chi connectivity index (χ1) is 10.6. The molecule has 1 fully saturated rings. The van der Waals surface area contributed by atoms with Crippen LogP contribution in [0.3, 0.4) is 0 Å². The number of pyridine rings is 1. The summed E-state index contributed by atoms with van der Waals surface area (Å²) in [5.74, 6) is -0.441. The summed E-state index contributed by atoms with van der Waals surface area (Å²) in [4.78, 5) is 5.20. The number of allylic oxidation sites excluding steroid dienone is 2.